The molecule has 0 saturated carbocycles. The van der Waals surface area contributed by atoms with Crippen LogP contribution in [-0.4, -0.2) is 20.9 Å². The van der Waals surface area contributed by atoms with Crippen molar-refractivity contribution in [1.82, 2.24) is 9.78 Å². The molecule has 1 aromatic carbocycles. The van der Waals surface area contributed by atoms with E-state index < -0.39 is 5.97 Å². The van der Waals surface area contributed by atoms with Gasteiger partial charge in [0.15, 0.2) is 0 Å². The average molecular weight is 245 g/mol. The van der Waals surface area contributed by atoms with Gasteiger partial charge in [-0.1, -0.05) is 0 Å². The van der Waals surface area contributed by atoms with Crippen LogP contribution in [0.3, 0.4) is 0 Å². The molecule has 0 aliphatic carbocycles. The van der Waals surface area contributed by atoms with Gasteiger partial charge in [-0.2, -0.15) is 5.10 Å². The Kier molecular flexibility index (Phi) is 2.82. The summed E-state index contributed by atoms with van der Waals surface area (Å²) in [5.41, 5.74) is 9.77. The molecule has 18 heavy (non-hydrogen) atoms. The Morgan fingerprint density at radius 1 is 1.33 bits per heavy atom. The van der Waals surface area contributed by atoms with Crippen molar-refractivity contribution in [3.05, 3.63) is 40.7 Å². The highest BCUT2D eigenvalue weighted by atomic mass is 16.4. The van der Waals surface area contributed by atoms with Gasteiger partial charge in [0.1, 0.15) is 0 Å². The number of carbonyl (C=O) groups is 1. The Morgan fingerprint density at radius 3 is 2.50 bits per heavy atom. The molecule has 0 aliphatic heterocycles. The zero-order chi connectivity index (χ0) is 13.4. The van der Waals surface area contributed by atoms with E-state index in [9.17, 15) is 9.90 Å². The topological polar surface area (TPSA) is 81.1 Å². The maximum absolute atomic E-state index is 11.2. The molecule has 5 heteroatoms. The van der Waals surface area contributed by atoms with Crippen molar-refractivity contribution < 1.29 is 9.90 Å². The lowest BCUT2D eigenvalue weighted by atomic mass is 10.1. The van der Waals surface area contributed by atoms with Crippen LogP contribution in [0.5, 0.6) is 0 Å². The summed E-state index contributed by atoms with van der Waals surface area (Å²) < 4.78 is 1.63. The highest BCUT2D eigenvalue weighted by Crippen LogP contribution is 2.22. The lowest BCUT2D eigenvalue weighted by Gasteiger charge is -2.09. The maximum atomic E-state index is 11.2. The first kappa shape index (κ1) is 12.2. The normalized spacial score (nSPS) is 10.6. The minimum absolute atomic E-state index is 0.190. The number of hydrogen-bond donors (Lipinski definition) is 2. The maximum Gasteiger partial charge on any atom is 0.337 e. The number of nitrogen functional groups attached to an aromatic ring is 1. The van der Waals surface area contributed by atoms with E-state index in [1.165, 1.54) is 6.07 Å². The summed E-state index contributed by atoms with van der Waals surface area (Å²) >= 11 is 0. The van der Waals surface area contributed by atoms with Crippen LogP contribution in [-0.2, 0) is 0 Å². The molecule has 2 aromatic rings. The van der Waals surface area contributed by atoms with Crippen LogP contribution in [0, 0.1) is 20.8 Å². The van der Waals surface area contributed by atoms with Crippen LogP contribution in [0.25, 0.3) is 5.69 Å². The summed E-state index contributed by atoms with van der Waals surface area (Å²) in [7, 11) is 0. The highest BCUT2D eigenvalue weighted by molar-refractivity contribution is 5.92. The number of carboxylic acid groups (broad SMARTS) is 1. The fraction of sp³-hybridized carbons (Fsp3) is 0.231. The Morgan fingerprint density at radius 2 is 2.00 bits per heavy atom. The van der Waals surface area contributed by atoms with Crippen LogP contribution in [0.4, 0.5) is 5.69 Å². The molecule has 1 heterocycles. The smallest absolute Gasteiger partial charge is 0.337 e. The molecule has 1 aromatic heterocycles. The summed E-state index contributed by atoms with van der Waals surface area (Å²) in [6.45, 7) is 5.76. The fourth-order valence-corrected chi connectivity index (χ4v) is 1.86. The van der Waals surface area contributed by atoms with E-state index in [0.29, 0.717) is 11.4 Å². The van der Waals surface area contributed by atoms with Gasteiger partial charge in [-0.15, -0.1) is 0 Å². The van der Waals surface area contributed by atoms with Crippen LogP contribution in [0.15, 0.2) is 18.2 Å². The quantitative estimate of drug-likeness (QED) is 0.794. The van der Waals surface area contributed by atoms with Crippen molar-refractivity contribution in [2.24, 2.45) is 0 Å². The van der Waals surface area contributed by atoms with Crippen molar-refractivity contribution in [2.45, 2.75) is 20.8 Å². The number of rotatable bonds is 2. The fourth-order valence-electron chi connectivity index (χ4n) is 1.86. The molecule has 2 rings (SSSR count). The molecule has 0 bridgehead atoms. The van der Waals surface area contributed by atoms with Gasteiger partial charge in [-0.25, -0.2) is 9.48 Å². The van der Waals surface area contributed by atoms with Crippen LogP contribution < -0.4 is 5.73 Å². The van der Waals surface area contributed by atoms with E-state index in [1.54, 1.807) is 16.8 Å². The van der Waals surface area contributed by atoms with Crippen molar-refractivity contribution in [1.29, 1.82) is 0 Å². The molecule has 0 fully saturated rings. The van der Waals surface area contributed by atoms with Gasteiger partial charge in [0, 0.05) is 11.4 Å². The lowest BCUT2D eigenvalue weighted by Crippen LogP contribution is -2.08. The van der Waals surface area contributed by atoms with Crippen LogP contribution >= 0.6 is 0 Å². The molecule has 0 aliphatic rings. The first-order valence-electron chi connectivity index (χ1n) is 5.58. The molecule has 3 N–H and O–H groups in total. The van der Waals surface area contributed by atoms with Gasteiger partial charge in [-0.05, 0) is 44.5 Å². The summed E-state index contributed by atoms with van der Waals surface area (Å²) in [6, 6.07) is 4.70. The summed E-state index contributed by atoms with van der Waals surface area (Å²) in [6.07, 6.45) is 0. The molecule has 0 amide bonds. The van der Waals surface area contributed by atoms with Crippen molar-refractivity contribution in [3.8, 4) is 5.69 Å². The van der Waals surface area contributed by atoms with E-state index in [1.807, 2.05) is 20.8 Å². The minimum atomic E-state index is -0.991. The number of aromatic carboxylic acids is 1. The minimum Gasteiger partial charge on any atom is -0.478 e. The van der Waals surface area contributed by atoms with Gasteiger partial charge in [0.2, 0.25) is 0 Å². The third-order valence-electron chi connectivity index (χ3n) is 3.13. The summed E-state index contributed by atoms with van der Waals surface area (Å²) in [5, 5.41) is 13.6. The van der Waals surface area contributed by atoms with Crippen LogP contribution in [0.1, 0.15) is 27.3 Å². The van der Waals surface area contributed by atoms with Gasteiger partial charge in [0.25, 0.3) is 0 Å². The monoisotopic (exact) mass is 245 g/mol. The standard InChI is InChI=1S/C13H15N3O2/c1-7-8(2)15-16(9(7)3)12-6-10(14)4-5-11(12)13(17)18/h4-6H,14H2,1-3H3,(H,17,18). The Bertz CT molecular complexity index is 629. The second-order valence-corrected chi connectivity index (χ2v) is 4.29. The predicted molar refractivity (Wildman–Crippen MR) is 69.1 cm³/mol. The molecule has 0 radical (unpaired) electrons. The molecule has 0 atom stereocenters. The molecule has 94 valence electrons. The average Bonchev–Trinajstić information content (AvgIpc) is 2.56. The van der Waals surface area contributed by atoms with Crippen LogP contribution in [0.2, 0.25) is 0 Å². The summed E-state index contributed by atoms with van der Waals surface area (Å²) in [5.74, 6) is -0.991. The largest absolute Gasteiger partial charge is 0.478 e. The highest BCUT2D eigenvalue weighted by Gasteiger charge is 2.16. The van der Waals surface area contributed by atoms with Gasteiger partial charge < -0.3 is 10.8 Å². The third kappa shape index (κ3) is 1.84. The van der Waals surface area contributed by atoms with Gasteiger partial charge >= 0.3 is 5.97 Å². The number of hydrogen-bond acceptors (Lipinski definition) is 3. The van der Waals surface area contributed by atoms with Crippen molar-refractivity contribution >= 4 is 11.7 Å². The lowest BCUT2D eigenvalue weighted by molar-refractivity contribution is 0.0697. The van der Waals surface area contributed by atoms with E-state index in [4.69, 9.17) is 5.73 Å². The molecular weight excluding hydrogens is 230 g/mol. The van der Waals surface area contributed by atoms with E-state index >= 15 is 0 Å². The predicted octanol–water partition coefficient (Wildman–Crippen LogP) is 2.08. The van der Waals surface area contributed by atoms with Gasteiger partial charge in [0.05, 0.1) is 16.9 Å². The van der Waals surface area contributed by atoms with E-state index in [-0.39, 0.29) is 5.56 Å². The molecular formula is C13H15N3O2. The first-order chi connectivity index (χ1) is 8.41. The second-order valence-electron chi connectivity index (χ2n) is 4.29. The number of aromatic nitrogens is 2. The van der Waals surface area contributed by atoms with Gasteiger partial charge in [-0.3, -0.25) is 0 Å². The zero-order valence-electron chi connectivity index (χ0n) is 10.6. The Labute approximate surface area is 105 Å². The molecule has 0 saturated heterocycles. The first-order valence-corrected chi connectivity index (χ1v) is 5.58. The number of anilines is 1. The second kappa shape index (κ2) is 4.18. The number of carboxylic acids is 1. The molecule has 5 nitrogen and oxygen atoms in total. The Balaban J connectivity index is 2.73. The Hall–Kier alpha value is -2.30. The number of nitrogens with two attached hydrogens (primary N) is 1. The number of nitrogens with zero attached hydrogens (tertiary/aromatic N) is 2. The third-order valence-corrected chi connectivity index (χ3v) is 3.13. The van der Waals surface area contributed by atoms with E-state index in [2.05, 4.69) is 5.10 Å². The molecule has 0 unspecified atom stereocenters. The SMILES string of the molecule is Cc1nn(-c2cc(N)ccc2C(=O)O)c(C)c1C. The zero-order valence-corrected chi connectivity index (χ0v) is 10.6. The number of aryl methyl sites for hydroxylation is 1. The number of benzene rings is 1. The van der Waals surface area contributed by atoms with Crippen molar-refractivity contribution in [2.75, 3.05) is 5.73 Å². The van der Waals surface area contributed by atoms with E-state index in [0.717, 1.165) is 17.0 Å². The van der Waals surface area contributed by atoms with Crippen molar-refractivity contribution in [3.63, 3.8) is 0 Å². The molecule has 0 spiro atoms. The summed E-state index contributed by atoms with van der Waals surface area (Å²) in [4.78, 5) is 11.2.